The zero-order chi connectivity index (χ0) is 20.5. The highest BCUT2D eigenvalue weighted by molar-refractivity contribution is 7.18. The van der Waals surface area contributed by atoms with E-state index in [1.165, 1.54) is 0 Å². The summed E-state index contributed by atoms with van der Waals surface area (Å²) < 4.78 is 5.25. The molecule has 2 aromatic heterocycles. The van der Waals surface area contributed by atoms with Crippen LogP contribution < -0.4 is 10.3 Å². The molecule has 1 amide bonds. The number of hydrogen-bond acceptors (Lipinski definition) is 5. The van der Waals surface area contributed by atoms with Crippen molar-refractivity contribution in [2.75, 3.05) is 20.2 Å². The van der Waals surface area contributed by atoms with Crippen LogP contribution in [0.5, 0.6) is 5.75 Å². The highest BCUT2D eigenvalue weighted by Crippen LogP contribution is 2.29. The van der Waals surface area contributed by atoms with E-state index in [1.54, 1.807) is 18.4 Å². The summed E-state index contributed by atoms with van der Waals surface area (Å²) in [5.41, 5.74) is 1.87. The first-order valence-corrected chi connectivity index (χ1v) is 10.7. The number of aryl methyl sites for hydroxylation is 2. The average Bonchev–Trinajstić information content (AvgIpc) is 3.02. The SMILES string of the molecule is COc1cccc(CC(=O)N2CCC[C@H](c3nc4sc(C)c(C)c4c(=O)[nH]3)C2)c1. The molecule has 152 valence electrons. The van der Waals surface area contributed by atoms with Gasteiger partial charge in [-0.05, 0) is 49.9 Å². The number of carbonyl (C=O) groups excluding carboxylic acids is 1. The molecule has 1 aromatic carbocycles. The molecule has 0 bridgehead atoms. The van der Waals surface area contributed by atoms with Gasteiger partial charge in [-0.25, -0.2) is 4.98 Å². The second-order valence-electron chi connectivity index (χ2n) is 7.62. The smallest absolute Gasteiger partial charge is 0.259 e. The Hall–Kier alpha value is -2.67. The van der Waals surface area contributed by atoms with Gasteiger partial charge in [-0.1, -0.05) is 12.1 Å². The van der Waals surface area contributed by atoms with Crippen LogP contribution >= 0.6 is 11.3 Å². The molecule has 6 nitrogen and oxygen atoms in total. The number of carbonyl (C=O) groups is 1. The maximum Gasteiger partial charge on any atom is 0.259 e. The summed E-state index contributed by atoms with van der Waals surface area (Å²) in [6.07, 6.45) is 2.16. The molecule has 3 aromatic rings. The first kappa shape index (κ1) is 19.6. The standard InChI is InChI=1S/C22H25N3O3S/c1-13-14(2)29-22-19(13)21(27)23-20(24-22)16-7-5-9-25(12-16)18(26)11-15-6-4-8-17(10-15)28-3/h4,6,8,10,16H,5,7,9,11-12H2,1-3H3,(H,23,24,27)/t16-/m0/s1. The summed E-state index contributed by atoms with van der Waals surface area (Å²) in [5.74, 6) is 1.60. The summed E-state index contributed by atoms with van der Waals surface area (Å²) >= 11 is 1.56. The van der Waals surface area contributed by atoms with Gasteiger partial charge < -0.3 is 14.6 Å². The average molecular weight is 412 g/mol. The fourth-order valence-electron chi connectivity index (χ4n) is 3.96. The number of aromatic amines is 1. The third kappa shape index (κ3) is 3.92. The number of nitrogens with one attached hydrogen (secondary N) is 1. The molecule has 3 heterocycles. The molecule has 0 spiro atoms. The Morgan fingerprint density at radius 3 is 3.00 bits per heavy atom. The Kier molecular flexibility index (Phi) is 5.41. The van der Waals surface area contributed by atoms with Gasteiger partial charge in [0, 0.05) is 23.9 Å². The normalized spacial score (nSPS) is 16.9. The molecule has 4 rings (SSSR count). The molecule has 0 aliphatic carbocycles. The number of rotatable bonds is 4. The molecule has 0 saturated carbocycles. The molecule has 1 N–H and O–H groups in total. The van der Waals surface area contributed by atoms with Crippen LogP contribution in [-0.4, -0.2) is 41.0 Å². The molecule has 1 aliphatic heterocycles. The van der Waals surface area contributed by atoms with Crippen LogP contribution in [-0.2, 0) is 11.2 Å². The van der Waals surface area contributed by atoms with Crippen molar-refractivity contribution in [2.24, 2.45) is 0 Å². The molecule has 7 heteroatoms. The quantitative estimate of drug-likeness (QED) is 0.712. The Labute approximate surface area is 173 Å². The highest BCUT2D eigenvalue weighted by Gasteiger charge is 2.27. The van der Waals surface area contributed by atoms with E-state index in [2.05, 4.69) is 4.98 Å². The van der Waals surface area contributed by atoms with E-state index in [4.69, 9.17) is 9.72 Å². The van der Waals surface area contributed by atoms with Gasteiger partial charge >= 0.3 is 0 Å². The Bertz CT molecular complexity index is 1120. The number of thiophene rings is 1. The minimum Gasteiger partial charge on any atom is -0.497 e. The van der Waals surface area contributed by atoms with Crippen LogP contribution in [0.15, 0.2) is 29.1 Å². The third-order valence-corrected chi connectivity index (χ3v) is 6.81. The second kappa shape index (κ2) is 7.99. The van der Waals surface area contributed by atoms with Crippen molar-refractivity contribution in [3.05, 3.63) is 56.4 Å². The van der Waals surface area contributed by atoms with Crippen molar-refractivity contribution in [3.8, 4) is 5.75 Å². The zero-order valence-electron chi connectivity index (χ0n) is 16.9. The number of ether oxygens (including phenoxy) is 1. The number of likely N-dealkylation sites (tertiary alicyclic amines) is 1. The molecular formula is C22H25N3O3S. The van der Waals surface area contributed by atoms with Gasteiger partial charge in [0.1, 0.15) is 16.4 Å². The fraction of sp³-hybridized carbons (Fsp3) is 0.409. The number of hydrogen-bond donors (Lipinski definition) is 1. The van der Waals surface area contributed by atoms with Crippen molar-refractivity contribution in [2.45, 2.75) is 39.0 Å². The molecule has 0 unspecified atom stereocenters. The summed E-state index contributed by atoms with van der Waals surface area (Å²) in [4.78, 5) is 37.0. The Balaban J connectivity index is 1.53. The van der Waals surface area contributed by atoms with E-state index in [9.17, 15) is 9.59 Å². The Morgan fingerprint density at radius 1 is 1.38 bits per heavy atom. The van der Waals surface area contributed by atoms with Crippen molar-refractivity contribution >= 4 is 27.5 Å². The predicted molar refractivity (Wildman–Crippen MR) is 115 cm³/mol. The van der Waals surface area contributed by atoms with Crippen molar-refractivity contribution < 1.29 is 9.53 Å². The molecule has 0 radical (unpaired) electrons. The largest absolute Gasteiger partial charge is 0.497 e. The number of H-pyrrole nitrogens is 1. The molecular weight excluding hydrogens is 386 g/mol. The van der Waals surface area contributed by atoms with Gasteiger partial charge in [0.05, 0.1) is 18.9 Å². The number of amides is 1. The number of piperidine rings is 1. The summed E-state index contributed by atoms with van der Waals surface area (Å²) in [6, 6.07) is 7.61. The summed E-state index contributed by atoms with van der Waals surface area (Å²) in [5, 5.41) is 0.693. The number of benzene rings is 1. The lowest BCUT2D eigenvalue weighted by Crippen LogP contribution is -2.40. The first-order valence-electron chi connectivity index (χ1n) is 9.87. The minimum atomic E-state index is -0.0771. The maximum absolute atomic E-state index is 12.9. The topological polar surface area (TPSA) is 75.3 Å². The molecule has 29 heavy (non-hydrogen) atoms. The van der Waals surface area contributed by atoms with Crippen molar-refractivity contribution in [3.63, 3.8) is 0 Å². The zero-order valence-corrected chi connectivity index (χ0v) is 17.8. The van der Waals surface area contributed by atoms with Crippen LogP contribution in [0.1, 0.15) is 40.6 Å². The van der Waals surface area contributed by atoms with Crippen LogP contribution in [0.2, 0.25) is 0 Å². The molecule has 1 atom stereocenters. The van der Waals surface area contributed by atoms with E-state index < -0.39 is 0 Å². The van der Waals surface area contributed by atoms with E-state index in [0.717, 1.165) is 46.0 Å². The number of nitrogens with zero attached hydrogens (tertiary/aromatic N) is 2. The lowest BCUT2D eigenvalue weighted by atomic mass is 9.96. The van der Waals surface area contributed by atoms with Crippen molar-refractivity contribution in [1.29, 1.82) is 0 Å². The van der Waals surface area contributed by atoms with Crippen molar-refractivity contribution in [1.82, 2.24) is 14.9 Å². The van der Waals surface area contributed by atoms with Gasteiger partial charge in [0.2, 0.25) is 5.91 Å². The van der Waals surface area contributed by atoms with Gasteiger partial charge in [-0.15, -0.1) is 11.3 Å². The molecule has 1 saturated heterocycles. The van der Waals surface area contributed by atoms with E-state index in [0.29, 0.717) is 24.2 Å². The van der Waals surface area contributed by atoms with Crippen LogP contribution in [0, 0.1) is 13.8 Å². The molecule has 1 fully saturated rings. The second-order valence-corrected chi connectivity index (χ2v) is 8.82. The molecule has 1 aliphatic rings. The number of aromatic nitrogens is 2. The van der Waals surface area contributed by atoms with E-state index >= 15 is 0 Å². The third-order valence-electron chi connectivity index (χ3n) is 5.71. The summed E-state index contributed by atoms with van der Waals surface area (Å²) in [6.45, 7) is 5.30. The summed E-state index contributed by atoms with van der Waals surface area (Å²) in [7, 11) is 1.62. The lowest BCUT2D eigenvalue weighted by Gasteiger charge is -2.32. The van der Waals surface area contributed by atoms with Gasteiger partial charge in [-0.2, -0.15) is 0 Å². The van der Waals surface area contributed by atoms with Crippen LogP contribution in [0.25, 0.3) is 10.2 Å². The fourth-order valence-corrected chi connectivity index (χ4v) is 5.00. The Morgan fingerprint density at radius 2 is 2.21 bits per heavy atom. The van der Waals surface area contributed by atoms with E-state index in [-0.39, 0.29) is 17.4 Å². The highest BCUT2D eigenvalue weighted by atomic mass is 32.1. The lowest BCUT2D eigenvalue weighted by molar-refractivity contribution is -0.131. The minimum absolute atomic E-state index is 0.0535. The monoisotopic (exact) mass is 411 g/mol. The van der Waals surface area contributed by atoms with E-state index in [1.807, 2.05) is 43.0 Å². The van der Waals surface area contributed by atoms with Crippen LogP contribution in [0.3, 0.4) is 0 Å². The first-order chi connectivity index (χ1) is 14.0. The van der Waals surface area contributed by atoms with Crippen LogP contribution in [0.4, 0.5) is 0 Å². The predicted octanol–water partition coefficient (Wildman–Crippen LogP) is 3.56. The van der Waals surface area contributed by atoms with Gasteiger partial charge in [0.25, 0.3) is 5.56 Å². The van der Waals surface area contributed by atoms with Gasteiger partial charge in [-0.3, -0.25) is 9.59 Å². The van der Waals surface area contributed by atoms with Gasteiger partial charge in [0.15, 0.2) is 0 Å². The number of methoxy groups -OCH3 is 1. The number of fused-ring (bicyclic) bond motifs is 1. The maximum atomic E-state index is 12.9.